The molecule has 0 aliphatic carbocycles. The number of rotatable bonds is 2. The van der Waals surface area contributed by atoms with Crippen LogP contribution in [-0.2, 0) is 15.9 Å². The summed E-state index contributed by atoms with van der Waals surface area (Å²) in [5.41, 5.74) is 0.280. The molecule has 1 aromatic heterocycles. The molecule has 0 fully saturated rings. The molecule has 1 aromatic rings. The third kappa shape index (κ3) is 4.02. The van der Waals surface area contributed by atoms with Gasteiger partial charge in [0, 0.05) is 6.20 Å². The third-order valence-corrected chi connectivity index (χ3v) is 1.70. The molecule has 0 bridgehead atoms. The summed E-state index contributed by atoms with van der Waals surface area (Å²) in [6, 6.07) is 4.78. The fourth-order valence-corrected chi connectivity index (χ4v) is 1.20. The first-order valence-corrected chi connectivity index (χ1v) is 4.49. The summed E-state index contributed by atoms with van der Waals surface area (Å²) in [6.07, 6.45) is 1.44. The molecule has 6 heteroatoms. The van der Waals surface area contributed by atoms with Gasteiger partial charge < -0.3 is 10.7 Å². The smallest absolute Gasteiger partial charge is 0.100 e. The van der Waals surface area contributed by atoms with Crippen molar-refractivity contribution in [1.29, 1.82) is 0 Å². The van der Waals surface area contributed by atoms with Crippen molar-refractivity contribution in [2.24, 2.45) is 0 Å². The van der Waals surface area contributed by atoms with Gasteiger partial charge in [0.05, 0.1) is 11.4 Å². The molecule has 1 heterocycles. The van der Waals surface area contributed by atoms with Crippen LogP contribution in [0.25, 0.3) is 0 Å². The maximum atomic E-state index is 10.2. The molecule has 0 amide bonds. The first-order valence-electron chi connectivity index (χ1n) is 2.91. The van der Waals surface area contributed by atoms with Crippen LogP contribution in [0.2, 0.25) is 0 Å². The predicted molar refractivity (Wildman–Crippen MR) is 43.6 cm³/mol. The summed E-state index contributed by atoms with van der Waals surface area (Å²) in [5.74, 6) is -0.534. The quantitative estimate of drug-likeness (QED) is 0.685. The summed E-state index contributed by atoms with van der Waals surface area (Å²) in [4.78, 5) is 3.68. The molecule has 0 saturated heterocycles. The van der Waals surface area contributed by atoms with Gasteiger partial charge >= 0.3 is 0 Å². The molecule has 0 spiro atoms. The van der Waals surface area contributed by atoms with E-state index in [4.69, 9.17) is 0 Å². The zero-order valence-corrected chi connectivity index (χ0v) is 7.41. The molecule has 0 unspecified atom stereocenters. The summed E-state index contributed by atoms with van der Waals surface area (Å²) >= 11 is 0. The van der Waals surface area contributed by atoms with Gasteiger partial charge in [0.15, 0.2) is 0 Å². The van der Waals surface area contributed by atoms with Crippen molar-refractivity contribution in [1.82, 2.24) is 11.1 Å². The maximum Gasteiger partial charge on any atom is 0.100 e. The van der Waals surface area contributed by atoms with Crippen molar-refractivity contribution in [3.05, 3.63) is 30.1 Å². The number of hydrogen-bond acceptors (Lipinski definition) is 4. The van der Waals surface area contributed by atoms with Gasteiger partial charge in [0.2, 0.25) is 0 Å². The van der Waals surface area contributed by atoms with Crippen molar-refractivity contribution in [3.8, 4) is 0 Å². The second-order valence-electron chi connectivity index (χ2n) is 2.02. The normalized spacial score (nSPS) is 10.4. The highest BCUT2D eigenvalue weighted by atomic mass is 32.2. The van der Waals surface area contributed by atoms with E-state index in [-0.39, 0.29) is 11.8 Å². The summed E-state index contributed by atoms with van der Waals surface area (Å²) in [7, 11) is -4.19. The topological polar surface area (TPSA) is 107 Å². The SMILES string of the molecule is O=S(=O)([O-])Cc1ccccn1.[NH4+]. The lowest BCUT2D eigenvalue weighted by atomic mass is 10.4. The first kappa shape index (κ1) is 11.0. The molecular formula is C6H10N2O3S. The highest BCUT2D eigenvalue weighted by molar-refractivity contribution is 7.84. The minimum atomic E-state index is -4.19. The predicted octanol–water partition coefficient (Wildman–Crippen LogP) is 0.503. The Morgan fingerprint density at radius 1 is 1.42 bits per heavy atom. The second-order valence-corrected chi connectivity index (χ2v) is 3.43. The van der Waals surface area contributed by atoms with E-state index in [9.17, 15) is 13.0 Å². The van der Waals surface area contributed by atoms with E-state index in [1.54, 1.807) is 12.1 Å². The molecule has 5 nitrogen and oxygen atoms in total. The molecule has 0 radical (unpaired) electrons. The molecule has 0 aliphatic heterocycles. The largest absolute Gasteiger partial charge is 0.748 e. The average Bonchev–Trinajstić information content (AvgIpc) is 1.85. The molecule has 68 valence electrons. The summed E-state index contributed by atoms with van der Waals surface area (Å²) in [5, 5.41) is 0. The maximum absolute atomic E-state index is 10.2. The van der Waals surface area contributed by atoms with Gasteiger partial charge in [0.25, 0.3) is 0 Å². The van der Waals surface area contributed by atoms with Crippen molar-refractivity contribution in [2.45, 2.75) is 5.75 Å². The number of pyridine rings is 1. The van der Waals surface area contributed by atoms with Gasteiger partial charge in [-0.05, 0) is 12.1 Å². The minimum Gasteiger partial charge on any atom is -0.748 e. The van der Waals surface area contributed by atoms with E-state index in [0.717, 1.165) is 0 Å². The van der Waals surface area contributed by atoms with Crippen LogP contribution in [0.3, 0.4) is 0 Å². The van der Waals surface area contributed by atoms with E-state index >= 15 is 0 Å². The Bertz CT molecular complexity index is 322. The lowest BCUT2D eigenvalue weighted by Crippen LogP contribution is -2.03. The van der Waals surface area contributed by atoms with Crippen LogP contribution in [0, 0.1) is 0 Å². The van der Waals surface area contributed by atoms with Crippen molar-refractivity contribution in [2.75, 3.05) is 0 Å². The Morgan fingerprint density at radius 2 is 2.08 bits per heavy atom. The van der Waals surface area contributed by atoms with Gasteiger partial charge in [0.1, 0.15) is 10.1 Å². The Morgan fingerprint density at radius 3 is 2.50 bits per heavy atom. The van der Waals surface area contributed by atoms with Crippen LogP contribution in [0.5, 0.6) is 0 Å². The fourth-order valence-electron chi connectivity index (χ4n) is 0.665. The van der Waals surface area contributed by atoms with Crippen LogP contribution >= 0.6 is 0 Å². The highest BCUT2D eigenvalue weighted by Crippen LogP contribution is 1.98. The first-order chi connectivity index (χ1) is 5.08. The minimum absolute atomic E-state index is 0. The van der Waals surface area contributed by atoms with Crippen LogP contribution in [0.15, 0.2) is 24.4 Å². The van der Waals surface area contributed by atoms with Crippen LogP contribution in [0.4, 0.5) is 0 Å². The van der Waals surface area contributed by atoms with Gasteiger partial charge in [-0.1, -0.05) is 6.07 Å². The lowest BCUT2D eigenvalue weighted by Gasteiger charge is -2.04. The summed E-state index contributed by atoms with van der Waals surface area (Å²) < 4.78 is 30.6. The van der Waals surface area contributed by atoms with Crippen molar-refractivity contribution < 1.29 is 13.0 Å². The molecule has 0 saturated carbocycles. The Hall–Kier alpha value is -0.980. The third-order valence-electron chi connectivity index (χ3n) is 1.05. The van der Waals surface area contributed by atoms with E-state index in [0.29, 0.717) is 0 Å². The monoisotopic (exact) mass is 190 g/mol. The van der Waals surface area contributed by atoms with E-state index < -0.39 is 15.9 Å². The number of quaternary nitrogens is 1. The number of nitrogens with zero attached hydrogens (tertiary/aromatic N) is 1. The molecule has 0 aliphatic rings. The van der Waals surface area contributed by atoms with E-state index in [1.165, 1.54) is 12.3 Å². The molecule has 12 heavy (non-hydrogen) atoms. The summed E-state index contributed by atoms with van der Waals surface area (Å²) in [6.45, 7) is 0. The molecular weight excluding hydrogens is 180 g/mol. The van der Waals surface area contributed by atoms with Gasteiger partial charge in [-0.2, -0.15) is 0 Å². The van der Waals surface area contributed by atoms with E-state index in [1.807, 2.05) is 0 Å². The molecule has 4 N–H and O–H groups in total. The fraction of sp³-hybridized carbons (Fsp3) is 0.167. The van der Waals surface area contributed by atoms with Gasteiger partial charge in [-0.25, -0.2) is 8.42 Å². The number of aromatic nitrogens is 1. The second kappa shape index (κ2) is 4.15. The highest BCUT2D eigenvalue weighted by Gasteiger charge is 1.97. The Balaban J connectivity index is 0.00000121. The van der Waals surface area contributed by atoms with Crippen LogP contribution in [0.1, 0.15) is 5.69 Å². The van der Waals surface area contributed by atoms with Crippen LogP contribution in [-0.4, -0.2) is 18.0 Å². The van der Waals surface area contributed by atoms with Gasteiger partial charge in [-0.15, -0.1) is 0 Å². The van der Waals surface area contributed by atoms with Crippen molar-refractivity contribution >= 4 is 10.1 Å². The van der Waals surface area contributed by atoms with Gasteiger partial charge in [-0.3, -0.25) is 4.98 Å². The molecule has 0 aromatic carbocycles. The number of hydrogen-bond donors (Lipinski definition) is 1. The van der Waals surface area contributed by atoms with Crippen molar-refractivity contribution in [3.63, 3.8) is 0 Å². The Labute approximate surface area is 70.8 Å². The zero-order valence-electron chi connectivity index (χ0n) is 6.60. The molecule has 0 atom stereocenters. The van der Waals surface area contributed by atoms with Crippen LogP contribution < -0.4 is 6.15 Å². The average molecular weight is 190 g/mol. The Kier molecular flexibility index (Phi) is 3.81. The van der Waals surface area contributed by atoms with E-state index in [2.05, 4.69) is 4.98 Å². The molecule has 1 rings (SSSR count). The standard InChI is InChI=1S/C6H7NO3S.H3N/c8-11(9,10)5-6-3-1-2-4-7-6;/h1-4H,5H2,(H,8,9,10);1H3. The lowest BCUT2D eigenvalue weighted by molar-refractivity contribution is 0.461. The zero-order chi connectivity index (χ0) is 8.32.